The standard InChI is InChI=1S/C28H27NO7/c30-24-22(17-34-15-18-9-3-1-4-10-18)36-28(33)23(25(24)35-16-19-11-5-2-6-12-19)29-26(31)20-13-7-8-14-21(20)27(29)32/h1-14,22-25,28,30,33H,15-17H2/t22-,23+,24-,25-,28+/m1/s1. The number of rotatable bonds is 8. The SMILES string of the molecule is O=C1c2ccccc2C(=O)N1[C@H]1[C@@H](OCc2ccccc2)[C@H](O)[C@@H](COCc2ccccc2)O[C@@H]1O. The fourth-order valence-electron chi connectivity index (χ4n) is 4.64. The summed E-state index contributed by atoms with van der Waals surface area (Å²) in [6, 6.07) is 24.0. The molecule has 1 fully saturated rings. The van der Waals surface area contributed by atoms with Crippen molar-refractivity contribution in [2.75, 3.05) is 6.61 Å². The summed E-state index contributed by atoms with van der Waals surface area (Å²) in [6.07, 6.45) is -4.90. The Morgan fingerprint density at radius 1 is 0.750 bits per heavy atom. The Balaban J connectivity index is 1.37. The van der Waals surface area contributed by atoms with Crippen molar-refractivity contribution in [2.45, 2.75) is 43.9 Å². The molecule has 3 aromatic rings. The lowest BCUT2D eigenvalue weighted by Gasteiger charge is -2.45. The number of carbonyl (C=O) groups excluding carboxylic acids is 2. The van der Waals surface area contributed by atoms with Gasteiger partial charge in [-0.3, -0.25) is 14.5 Å². The number of imide groups is 1. The molecule has 0 radical (unpaired) electrons. The molecule has 0 aliphatic carbocycles. The number of aliphatic hydroxyl groups excluding tert-OH is 2. The van der Waals surface area contributed by atoms with Gasteiger partial charge in [0.1, 0.15) is 24.4 Å². The molecule has 0 aromatic heterocycles. The summed E-state index contributed by atoms with van der Waals surface area (Å²) in [4.78, 5) is 27.3. The Bertz CT molecular complexity index is 1170. The minimum absolute atomic E-state index is 0.0207. The largest absolute Gasteiger partial charge is 0.388 e. The Hall–Kier alpha value is -3.40. The lowest BCUT2D eigenvalue weighted by atomic mass is 9.95. The van der Waals surface area contributed by atoms with Crippen LogP contribution < -0.4 is 0 Å². The van der Waals surface area contributed by atoms with Gasteiger partial charge in [0.15, 0.2) is 6.29 Å². The number of benzene rings is 3. The summed E-state index contributed by atoms with van der Waals surface area (Å²) >= 11 is 0. The average Bonchev–Trinajstić information content (AvgIpc) is 3.16. The molecular weight excluding hydrogens is 462 g/mol. The second-order valence-corrected chi connectivity index (χ2v) is 8.83. The molecule has 2 heterocycles. The maximum absolute atomic E-state index is 13.2. The van der Waals surface area contributed by atoms with Gasteiger partial charge >= 0.3 is 0 Å². The number of ether oxygens (including phenoxy) is 3. The minimum atomic E-state index is -1.58. The molecule has 2 N–H and O–H groups in total. The second kappa shape index (κ2) is 10.7. The number of fused-ring (bicyclic) bond motifs is 1. The highest BCUT2D eigenvalue weighted by molar-refractivity contribution is 6.21. The lowest BCUT2D eigenvalue weighted by molar-refractivity contribution is -0.276. The molecule has 1 saturated heterocycles. The third-order valence-electron chi connectivity index (χ3n) is 6.46. The Morgan fingerprint density at radius 2 is 1.28 bits per heavy atom. The van der Waals surface area contributed by atoms with Crippen LogP contribution in [0.3, 0.4) is 0 Å². The molecule has 5 atom stereocenters. The Kier molecular flexibility index (Phi) is 7.22. The maximum atomic E-state index is 13.2. The van der Waals surface area contributed by atoms with Crippen LogP contribution in [0, 0.1) is 0 Å². The molecule has 186 valence electrons. The highest BCUT2D eigenvalue weighted by Gasteiger charge is 2.53. The van der Waals surface area contributed by atoms with E-state index in [0.717, 1.165) is 16.0 Å². The molecule has 5 rings (SSSR count). The Morgan fingerprint density at radius 3 is 1.86 bits per heavy atom. The van der Waals surface area contributed by atoms with Gasteiger partial charge in [0.25, 0.3) is 11.8 Å². The maximum Gasteiger partial charge on any atom is 0.262 e. The number of hydrogen-bond donors (Lipinski definition) is 2. The first-order valence-electron chi connectivity index (χ1n) is 11.8. The average molecular weight is 490 g/mol. The summed E-state index contributed by atoms with van der Waals surface area (Å²) in [5.74, 6) is -1.13. The molecule has 2 aliphatic heterocycles. The molecule has 2 amide bonds. The van der Waals surface area contributed by atoms with Gasteiger partial charge in [0.05, 0.1) is 30.9 Å². The molecule has 0 spiro atoms. The van der Waals surface area contributed by atoms with Crippen LogP contribution in [0.5, 0.6) is 0 Å². The van der Waals surface area contributed by atoms with Crippen molar-refractivity contribution in [3.05, 3.63) is 107 Å². The summed E-state index contributed by atoms with van der Waals surface area (Å²) < 4.78 is 17.5. The quantitative estimate of drug-likeness (QED) is 0.469. The van der Waals surface area contributed by atoms with Crippen molar-refractivity contribution in [1.82, 2.24) is 4.90 Å². The highest BCUT2D eigenvalue weighted by Crippen LogP contribution is 2.33. The van der Waals surface area contributed by atoms with Gasteiger partial charge in [-0.1, -0.05) is 72.8 Å². The molecule has 8 heteroatoms. The van der Waals surface area contributed by atoms with E-state index >= 15 is 0 Å². The molecule has 36 heavy (non-hydrogen) atoms. The van der Waals surface area contributed by atoms with Crippen LogP contribution in [0.4, 0.5) is 0 Å². The van der Waals surface area contributed by atoms with E-state index in [1.54, 1.807) is 24.3 Å². The Labute approximate surface area is 208 Å². The lowest BCUT2D eigenvalue weighted by Crippen LogP contribution is -2.66. The zero-order chi connectivity index (χ0) is 25.1. The first-order valence-corrected chi connectivity index (χ1v) is 11.8. The zero-order valence-corrected chi connectivity index (χ0v) is 19.5. The van der Waals surface area contributed by atoms with Gasteiger partial charge in [0, 0.05) is 0 Å². The van der Waals surface area contributed by atoms with Crippen LogP contribution in [0.1, 0.15) is 31.8 Å². The molecule has 3 aromatic carbocycles. The van der Waals surface area contributed by atoms with Crippen LogP contribution in [-0.2, 0) is 27.4 Å². The summed E-state index contributed by atoms with van der Waals surface area (Å²) in [5.41, 5.74) is 2.26. The monoisotopic (exact) mass is 489 g/mol. The van der Waals surface area contributed by atoms with Gasteiger partial charge in [-0.2, -0.15) is 0 Å². The number of carbonyl (C=O) groups is 2. The van der Waals surface area contributed by atoms with E-state index in [4.69, 9.17) is 14.2 Å². The first kappa shape index (κ1) is 24.3. The van der Waals surface area contributed by atoms with Gasteiger partial charge < -0.3 is 24.4 Å². The van der Waals surface area contributed by atoms with E-state index in [-0.39, 0.29) is 24.3 Å². The van der Waals surface area contributed by atoms with Crippen LogP contribution in [0.15, 0.2) is 84.9 Å². The van der Waals surface area contributed by atoms with E-state index in [9.17, 15) is 19.8 Å². The van der Waals surface area contributed by atoms with Crippen LogP contribution in [0.2, 0.25) is 0 Å². The van der Waals surface area contributed by atoms with Gasteiger partial charge in [-0.05, 0) is 23.3 Å². The third-order valence-corrected chi connectivity index (χ3v) is 6.46. The predicted molar refractivity (Wildman–Crippen MR) is 129 cm³/mol. The van der Waals surface area contributed by atoms with E-state index in [0.29, 0.717) is 6.61 Å². The predicted octanol–water partition coefficient (Wildman–Crippen LogP) is 2.53. The summed E-state index contributed by atoms with van der Waals surface area (Å²) in [6.45, 7) is 0.376. The van der Waals surface area contributed by atoms with E-state index in [1.807, 2.05) is 60.7 Å². The van der Waals surface area contributed by atoms with Crippen molar-refractivity contribution in [2.24, 2.45) is 0 Å². The fraction of sp³-hybridized carbons (Fsp3) is 0.286. The number of amides is 2. The molecule has 0 unspecified atom stereocenters. The first-order chi connectivity index (χ1) is 17.5. The molecule has 2 aliphatic rings. The van der Waals surface area contributed by atoms with E-state index in [1.165, 1.54) is 0 Å². The van der Waals surface area contributed by atoms with Crippen molar-refractivity contribution in [3.63, 3.8) is 0 Å². The van der Waals surface area contributed by atoms with Crippen LogP contribution >= 0.6 is 0 Å². The number of nitrogens with zero attached hydrogens (tertiary/aromatic N) is 1. The van der Waals surface area contributed by atoms with E-state index < -0.39 is 42.5 Å². The fourth-order valence-corrected chi connectivity index (χ4v) is 4.64. The molecule has 0 bridgehead atoms. The minimum Gasteiger partial charge on any atom is -0.388 e. The second-order valence-electron chi connectivity index (χ2n) is 8.83. The van der Waals surface area contributed by atoms with Crippen molar-refractivity contribution in [3.8, 4) is 0 Å². The van der Waals surface area contributed by atoms with Crippen LogP contribution in [-0.4, -0.2) is 64.2 Å². The summed E-state index contributed by atoms with van der Waals surface area (Å²) in [7, 11) is 0. The van der Waals surface area contributed by atoms with E-state index in [2.05, 4.69) is 0 Å². The molecular formula is C28H27NO7. The zero-order valence-electron chi connectivity index (χ0n) is 19.5. The summed E-state index contributed by atoms with van der Waals surface area (Å²) in [5, 5.41) is 22.3. The molecule has 8 nitrogen and oxygen atoms in total. The van der Waals surface area contributed by atoms with Gasteiger partial charge in [-0.25, -0.2) is 0 Å². The number of hydrogen-bond acceptors (Lipinski definition) is 7. The topological polar surface area (TPSA) is 106 Å². The highest BCUT2D eigenvalue weighted by atomic mass is 16.6. The van der Waals surface area contributed by atoms with Crippen LogP contribution in [0.25, 0.3) is 0 Å². The smallest absolute Gasteiger partial charge is 0.262 e. The van der Waals surface area contributed by atoms with Crippen molar-refractivity contribution >= 4 is 11.8 Å². The van der Waals surface area contributed by atoms with Gasteiger partial charge in [-0.15, -0.1) is 0 Å². The van der Waals surface area contributed by atoms with Gasteiger partial charge in [0.2, 0.25) is 0 Å². The van der Waals surface area contributed by atoms with Crippen molar-refractivity contribution < 1.29 is 34.0 Å². The molecule has 0 saturated carbocycles. The third kappa shape index (κ3) is 4.82. The normalized spacial score (nSPS) is 25.7. The number of aliphatic hydroxyl groups is 2. The van der Waals surface area contributed by atoms with Crippen molar-refractivity contribution in [1.29, 1.82) is 0 Å².